The summed E-state index contributed by atoms with van der Waals surface area (Å²) in [6, 6.07) is 17.8. The second-order valence-electron chi connectivity index (χ2n) is 4.69. The Kier molecular flexibility index (Phi) is 3.94. The van der Waals surface area contributed by atoms with Gasteiger partial charge in [0.1, 0.15) is 10.8 Å². The van der Waals surface area contributed by atoms with Gasteiger partial charge in [0.2, 0.25) is 5.82 Å². The van der Waals surface area contributed by atoms with Gasteiger partial charge in [-0.2, -0.15) is 0 Å². The van der Waals surface area contributed by atoms with Crippen molar-refractivity contribution in [3.8, 4) is 22.4 Å². The highest BCUT2D eigenvalue weighted by molar-refractivity contribution is 6.32. The lowest BCUT2D eigenvalue weighted by atomic mass is 10.0. The van der Waals surface area contributed by atoms with Crippen LogP contribution < -0.4 is 0 Å². The molecule has 0 saturated heterocycles. The Morgan fingerprint density at radius 2 is 1.73 bits per heavy atom. The number of H-pyrrole nitrogens is 1. The largest absolute Gasteiger partial charge is 0.463 e. The van der Waals surface area contributed by atoms with Crippen molar-refractivity contribution in [1.29, 1.82) is 0 Å². The number of hydrogen-bond donors (Lipinski definition) is 1. The molecule has 0 aliphatic carbocycles. The van der Waals surface area contributed by atoms with Gasteiger partial charge in [0.15, 0.2) is 0 Å². The van der Waals surface area contributed by atoms with Crippen molar-refractivity contribution in [3.63, 3.8) is 0 Å². The molecule has 2 aromatic carbocycles. The molecule has 0 unspecified atom stereocenters. The smallest absolute Gasteiger partial charge is 0.374 e. The molecular formula is C17H13ClN2O2. The molecular weight excluding hydrogens is 300 g/mol. The zero-order valence-corrected chi connectivity index (χ0v) is 12.6. The zero-order chi connectivity index (χ0) is 15.5. The monoisotopic (exact) mass is 312 g/mol. The van der Waals surface area contributed by atoms with Crippen molar-refractivity contribution >= 4 is 17.6 Å². The first-order valence-electron chi connectivity index (χ1n) is 6.68. The predicted molar refractivity (Wildman–Crippen MR) is 85.8 cm³/mol. The molecule has 0 amide bonds. The van der Waals surface area contributed by atoms with Crippen LogP contribution in [0, 0.1) is 0 Å². The van der Waals surface area contributed by atoms with Crippen LogP contribution in [-0.2, 0) is 4.74 Å². The Labute approximate surface area is 132 Å². The van der Waals surface area contributed by atoms with Crippen LogP contribution in [0.5, 0.6) is 0 Å². The first-order chi connectivity index (χ1) is 10.7. The molecule has 0 radical (unpaired) electrons. The normalized spacial score (nSPS) is 10.5. The van der Waals surface area contributed by atoms with Crippen molar-refractivity contribution in [2.45, 2.75) is 0 Å². The summed E-state index contributed by atoms with van der Waals surface area (Å²) in [5, 5.41) is 0.311. The number of carbonyl (C=O) groups is 1. The van der Waals surface area contributed by atoms with Crippen molar-refractivity contribution < 1.29 is 9.53 Å². The lowest BCUT2D eigenvalue weighted by Crippen LogP contribution is -2.03. The fourth-order valence-electron chi connectivity index (χ4n) is 2.21. The van der Waals surface area contributed by atoms with E-state index in [9.17, 15) is 4.79 Å². The standard InChI is InChI=1S/C17H13ClN2O2/c1-22-17(21)16-19-14(15(18)20-16)13-9-5-8-12(10-13)11-6-3-2-4-7-11/h2-10H,1H3,(H,19,20). The van der Waals surface area contributed by atoms with Crippen molar-refractivity contribution in [2.75, 3.05) is 7.11 Å². The van der Waals surface area contributed by atoms with E-state index < -0.39 is 5.97 Å². The number of nitrogens with zero attached hydrogens (tertiary/aromatic N) is 1. The zero-order valence-electron chi connectivity index (χ0n) is 11.8. The van der Waals surface area contributed by atoms with Crippen molar-refractivity contribution in [3.05, 3.63) is 65.6 Å². The molecule has 0 aliphatic heterocycles. The molecule has 0 spiro atoms. The summed E-state index contributed by atoms with van der Waals surface area (Å²) in [7, 11) is 1.30. The van der Waals surface area contributed by atoms with Gasteiger partial charge in [0.05, 0.1) is 7.11 Å². The molecule has 3 aromatic rings. The average Bonchev–Trinajstić information content (AvgIpc) is 2.97. The van der Waals surface area contributed by atoms with Crippen LogP contribution in [0.25, 0.3) is 22.4 Å². The fourth-order valence-corrected chi connectivity index (χ4v) is 2.45. The topological polar surface area (TPSA) is 55.0 Å². The van der Waals surface area contributed by atoms with Crippen molar-refractivity contribution in [1.82, 2.24) is 9.97 Å². The number of imidazole rings is 1. The van der Waals surface area contributed by atoms with Gasteiger partial charge >= 0.3 is 5.97 Å². The average molecular weight is 313 g/mol. The van der Waals surface area contributed by atoms with Gasteiger partial charge in [-0.05, 0) is 17.2 Å². The van der Waals surface area contributed by atoms with Crippen LogP contribution >= 0.6 is 11.6 Å². The Morgan fingerprint density at radius 3 is 2.45 bits per heavy atom. The summed E-state index contributed by atoms with van der Waals surface area (Å²) < 4.78 is 4.64. The number of nitrogens with one attached hydrogen (secondary N) is 1. The third kappa shape index (κ3) is 2.73. The van der Waals surface area contributed by atoms with Crippen LogP contribution in [0.3, 0.4) is 0 Å². The van der Waals surface area contributed by atoms with E-state index in [1.54, 1.807) is 0 Å². The van der Waals surface area contributed by atoms with Crippen molar-refractivity contribution in [2.24, 2.45) is 0 Å². The minimum absolute atomic E-state index is 0.0904. The van der Waals surface area contributed by atoms with Gasteiger partial charge in [-0.3, -0.25) is 0 Å². The van der Waals surface area contributed by atoms with Crippen LogP contribution in [0.15, 0.2) is 54.6 Å². The molecule has 1 heterocycles. The lowest BCUT2D eigenvalue weighted by Gasteiger charge is -2.04. The van der Waals surface area contributed by atoms with E-state index in [1.807, 2.05) is 54.6 Å². The molecule has 22 heavy (non-hydrogen) atoms. The van der Waals surface area contributed by atoms with Gasteiger partial charge in [-0.15, -0.1) is 0 Å². The summed E-state index contributed by atoms with van der Waals surface area (Å²) in [6.07, 6.45) is 0. The highest BCUT2D eigenvalue weighted by atomic mass is 35.5. The molecule has 0 fully saturated rings. The Balaban J connectivity index is 2.03. The fraction of sp³-hybridized carbons (Fsp3) is 0.0588. The van der Waals surface area contributed by atoms with Gasteiger partial charge in [0.25, 0.3) is 0 Å². The van der Waals surface area contributed by atoms with Crippen LogP contribution in [-0.4, -0.2) is 23.0 Å². The second kappa shape index (κ2) is 6.03. The number of ether oxygens (including phenoxy) is 1. The predicted octanol–water partition coefficient (Wildman–Crippen LogP) is 4.18. The number of rotatable bonds is 3. The SMILES string of the molecule is COC(=O)c1nc(-c2cccc(-c3ccccc3)c2)c(Cl)[nH]1. The van der Waals surface area contributed by atoms with E-state index in [2.05, 4.69) is 14.7 Å². The highest BCUT2D eigenvalue weighted by Crippen LogP contribution is 2.29. The molecule has 0 aliphatic rings. The minimum atomic E-state index is -0.549. The molecule has 4 nitrogen and oxygen atoms in total. The third-order valence-electron chi connectivity index (χ3n) is 3.28. The Bertz CT molecular complexity index is 813. The molecule has 0 saturated carbocycles. The third-order valence-corrected chi connectivity index (χ3v) is 3.56. The van der Waals surface area contributed by atoms with Gasteiger partial charge < -0.3 is 9.72 Å². The summed E-state index contributed by atoms with van der Waals surface area (Å²) in [5.41, 5.74) is 3.51. The van der Waals surface area contributed by atoms with Gasteiger partial charge in [-0.25, -0.2) is 9.78 Å². The Morgan fingerprint density at radius 1 is 1.05 bits per heavy atom. The molecule has 1 N–H and O–H groups in total. The first kappa shape index (κ1) is 14.4. The molecule has 1 aromatic heterocycles. The molecule has 3 rings (SSSR count). The summed E-state index contributed by atoms with van der Waals surface area (Å²) >= 11 is 6.15. The highest BCUT2D eigenvalue weighted by Gasteiger charge is 2.16. The maximum absolute atomic E-state index is 11.5. The second-order valence-corrected chi connectivity index (χ2v) is 5.06. The number of aromatic amines is 1. The number of benzene rings is 2. The number of methoxy groups -OCH3 is 1. The number of halogens is 1. The maximum Gasteiger partial charge on any atom is 0.374 e. The number of hydrogen-bond acceptors (Lipinski definition) is 3. The Hall–Kier alpha value is -2.59. The quantitative estimate of drug-likeness (QED) is 0.738. The van der Waals surface area contributed by atoms with E-state index in [4.69, 9.17) is 11.6 Å². The molecule has 110 valence electrons. The number of carbonyl (C=O) groups excluding carboxylic acids is 1. The summed E-state index contributed by atoms with van der Waals surface area (Å²) in [5.74, 6) is -0.458. The number of aromatic nitrogens is 2. The van der Waals surface area contributed by atoms with Gasteiger partial charge in [-0.1, -0.05) is 60.1 Å². The van der Waals surface area contributed by atoms with E-state index in [0.717, 1.165) is 16.7 Å². The van der Waals surface area contributed by atoms with Crippen LogP contribution in [0.4, 0.5) is 0 Å². The van der Waals surface area contributed by atoms with E-state index >= 15 is 0 Å². The molecule has 5 heteroatoms. The first-order valence-corrected chi connectivity index (χ1v) is 7.06. The van der Waals surface area contributed by atoms with E-state index in [1.165, 1.54) is 7.11 Å². The molecule has 0 bridgehead atoms. The van der Waals surface area contributed by atoms with E-state index in [-0.39, 0.29) is 5.82 Å². The van der Waals surface area contributed by atoms with E-state index in [0.29, 0.717) is 10.8 Å². The summed E-state index contributed by atoms with van der Waals surface area (Å²) in [6.45, 7) is 0. The van der Waals surface area contributed by atoms with Crippen LogP contribution in [0.1, 0.15) is 10.6 Å². The lowest BCUT2D eigenvalue weighted by molar-refractivity contribution is 0.0588. The summed E-state index contributed by atoms with van der Waals surface area (Å²) in [4.78, 5) is 18.5. The minimum Gasteiger partial charge on any atom is -0.463 e. The van der Waals surface area contributed by atoms with Crippen LogP contribution in [0.2, 0.25) is 5.15 Å². The number of esters is 1. The molecule has 0 atom stereocenters. The maximum atomic E-state index is 11.5. The van der Waals surface area contributed by atoms with Gasteiger partial charge in [0, 0.05) is 5.56 Å².